The number of benzene rings is 13. The van der Waals surface area contributed by atoms with E-state index in [-0.39, 0.29) is 0 Å². The molecule has 326 valence electrons. The molecule has 16 rings (SSSR count). The molecule has 70 heavy (non-hydrogen) atoms. The number of hydrogen-bond acceptors (Lipinski definition) is 3. The molecule has 0 unspecified atom stereocenters. The lowest BCUT2D eigenvalue weighted by Crippen LogP contribution is -1.89. The maximum Gasteiger partial charge on any atom is 0.118 e. The molecule has 0 spiro atoms. The van der Waals surface area contributed by atoms with Crippen molar-refractivity contribution in [2.75, 3.05) is 21.3 Å². The molecular weight excluding hydrogens is 853 g/mol. The van der Waals surface area contributed by atoms with Gasteiger partial charge in [-0.2, -0.15) is 0 Å². The van der Waals surface area contributed by atoms with Gasteiger partial charge in [-0.25, -0.2) is 0 Å². The first-order chi connectivity index (χ1) is 34.6. The summed E-state index contributed by atoms with van der Waals surface area (Å²) in [5, 5.41) is 26.3. The van der Waals surface area contributed by atoms with Gasteiger partial charge in [-0.3, -0.25) is 0 Å². The lowest BCUT2D eigenvalue weighted by molar-refractivity contribution is 0.415. The third-order valence-electron chi connectivity index (χ3n) is 16.2. The number of fused-ring (bicyclic) bond motifs is 12. The van der Waals surface area contributed by atoms with E-state index < -0.39 is 0 Å². The van der Waals surface area contributed by atoms with Crippen molar-refractivity contribution in [3.63, 3.8) is 0 Å². The van der Waals surface area contributed by atoms with Crippen molar-refractivity contribution in [1.29, 1.82) is 0 Å². The highest BCUT2D eigenvalue weighted by molar-refractivity contribution is 6.45. The van der Waals surface area contributed by atoms with Crippen molar-refractivity contribution < 1.29 is 14.2 Å². The summed E-state index contributed by atoms with van der Waals surface area (Å²) >= 11 is 0. The molecular formula is C67H40O3. The average Bonchev–Trinajstić information content (AvgIpc) is 4.04. The lowest BCUT2D eigenvalue weighted by atomic mass is 9.86. The van der Waals surface area contributed by atoms with Crippen LogP contribution in [0.25, 0.3) is 163 Å². The van der Waals surface area contributed by atoms with Gasteiger partial charge in [-0.05, 0) is 224 Å². The van der Waals surface area contributed by atoms with E-state index in [0.717, 1.165) is 28.4 Å². The fourth-order valence-corrected chi connectivity index (χ4v) is 13.0. The third kappa shape index (κ3) is 4.83. The molecule has 0 fully saturated rings. The van der Waals surface area contributed by atoms with Gasteiger partial charge in [0.15, 0.2) is 0 Å². The Bertz CT molecular complexity index is 4490. The number of rotatable bonds is 6. The van der Waals surface area contributed by atoms with Crippen molar-refractivity contribution in [2.45, 2.75) is 0 Å². The molecule has 0 aromatic heterocycles. The largest absolute Gasteiger partial charge is 0.497 e. The van der Waals surface area contributed by atoms with Gasteiger partial charge in [-0.15, -0.1) is 0 Å². The highest BCUT2D eigenvalue weighted by Gasteiger charge is 2.28. The van der Waals surface area contributed by atoms with E-state index >= 15 is 0 Å². The molecule has 15 aromatic rings. The van der Waals surface area contributed by atoms with Crippen molar-refractivity contribution >= 4 is 108 Å². The van der Waals surface area contributed by atoms with Crippen LogP contribution in [-0.4, -0.2) is 21.3 Å². The van der Waals surface area contributed by atoms with Crippen LogP contribution >= 0.6 is 0 Å². The zero-order valence-corrected chi connectivity index (χ0v) is 38.6. The first-order valence-corrected chi connectivity index (χ1v) is 24.1. The van der Waals surface area contributed by atoms with Crippen molar-refractivity contribution in [2.24, 2.45) is 0 Å². The maximum atomic E-state index is 5.56. The predicted molar refractivity (Wildman–Crippen MR) is 295 cm³/mol. The van der Waals surface area contributed by atoms with Crippen LogP contribution in [0.1, 0.15) is 0 Å². The second kappa shape index (κ2) is 13.6. The van der Waals surface area contributed by atoms with E-state index in [4.69, 9.17) is 14.2 Å². The Morgan fingerprint density at radius 2 is 0.500 bits per heavy atom. The molecule has 0 heterocycles. The van der Waals surface area contributed by atoms with Gasteiger partial charge in [0, 0.05) is 0 Å². The van der Waals surface area contributed by atoms with Crippen LogP contribution in [0.15, 0.2) is 188 Å². The highest BCUT2D eigenvalue weighted by atomic mass is 16.5. The number of ether oxygens (including phenoxy) is 3. The quantitative estimate of drug-likeness (QED) is 0.123. The molecule has 0 aliphatic heterocycles. The molecule has 3 nitrogen and oxygen atoms in total. The highest BCUT2D eigenvalue weighted by Crippen LogP contribution is 2.56. The Kier molecular flexibility index (Phi) is 7.41. The summed E-state index contributed by atoms with van der Waals surface area (Å²) in [6, 6.07) is 70.5. The van der Waals surface area contributed by atoms with Crippen molar-refractivity contribution in [3.05, 3.63) is 188 Å². The Balaban J connectivity index is 0.906. The second-order valence-electron chi connectivity index (χ2n) is 19.3. The minimum atomic E-state index is 0.851. The minimum absolute atomic E-state index is 0.851. The maximum absolute atomic E-state index is 5.56. The molecule has 0 bridgehead atoms. The summed E-state index contributed by atoms with van der Waals surface area (Å²) in [7, 11) is 5.16. The van der Waals surface area contributed by atoms with E-state index in [2.05, 4.69) is 188 Å². The molecule has 1 aliphatic rings. The van der Waals surface area contributed by atoms with Gasteiger partial charge in [-0.1, -0.05) is 127 Å². The standard InChI is InChI=1S/C67H40O3/c1-68-38-13-7-35(8-14-38)41-21-22-46-48-24-26-50-60-34-62-54-30-28-52-58-32-56-43(37-11-17-40(70-3)18-12-37)20-19-42(36-9-15-39(69-2)16-10-36)55(56)31-57(58)51-27-29-53(67(54)66(51)52)61(62)33-59(60)49-25-23-47(64(48)65(49)50)45-6-4-5-44(41)63(45)46/h4-34H,1-3H3. The molecule has 0 amide bonds. The number of methoxy groups -OCH3 is 3. The van der Waals surface area contributed by atoms with Crippen LogP contribution in [-0.2, 0) is 0 Å². The third-order valence-corrected chi connectivity index (χ3v) is 16.2. The zero-order valence-electron chi connectivity index (χ0n) is 38.6. The summed E-state index contributed by atoms with van der Waals surface area (Å²) < 4.78 is 16.6. The Morgan fingerprint density at radius 1 is 0.200 bits per heavy atom. The number of hydrogen-bond donors (Lipinski definition) is 0. The Hall–Kier alpha value is -8.92. The average molecular weight is 893 g/mol. The van der Waals surface area contributed by atoms with E-state index in [9.17, 15) is 0 Å². The van der Waals surface area contributed by atoms with Crippen LogP contribution in [0, 0.1) is 0 Å². The molecule has 3 heteroatoms. The second-order valence-corrected chi connectivity index (χ2v) is 19.3. The molecule has 1 aliphatic carbocycles. The summed E-state index contributed by atoms with van der Waals surface area (Å²) in [6.07, 6.45) is 0. The summed E-state index contributed by atoms with van der Waals surface area (Å²) in [6.45, 7) is 0. The summed E-state index contributed by atoms with van der Waals surface area (Å²) in [4.78, 5) is 0. The van der Waals surface area contributed by atoms with Crippen LogP contribution in [0.3, 0.4) is 0 Å². The van der Waals surface area contributed by atoms with Crippen LogP contribution < -0.4 is 14.2 Å². The topological polar surface area (TPSA) is 27.7 Å². The van der Waals surface area contributed by atoms with Crippen molar-refractivity contribution in [3.8, 4) is 72.9 Å². The van der Waals surface area contributed by atoms with Gasteiger partial charge >= 0.3 is 0 Å². The molecule has 0 radical (unpaired) electrons. The van der Waals surface area contributed by atoms with E-state index in [1.54, 1.807) is 21.3 Å². The van der Waals surface area contributed by atoms with Crippen molar-refractivity contribution in [1.82, 2.24) is 0 Å². The van der Waals surface area contributed by atoms with Gasteiger partial charge < -0.3 is 14.2 Å². The van der Waals surface area contributed by atoms with Crippen LogP contribution in [0.5, 0.6) is 17.2 Å². The fraction of sp³-hybridized carbons (Fsp3) is 0.0448. The zero-order chi connectivity index (χ0) is 46.1. The lowest BCUT2D eigenvalue weighted by Gasteiger charge is -2.17. The predicted octanol–water partition coefficient (Wildman–Crippen LogP) is 18.2. The van der Waals surface area contributed by atoms with Gasteiger partial charge in [0.25, 0.3) is 0 Å². The first kappa shape index (κ1) is 38.1. The molecule has 15 aromatic carbocycles. The Labute approximate surface area is 402 Å². The first-order valence-electron chi connectivity index (χ1n) is 24.1. The molecule has 0 N–H and O–H groups in total. The van der Waals surface area contributed by atoms with E-state index in [1.807, 2.05) is 0 Å². The SMILES string of the molecule is COc1ccc(-c2ccc(-c3ccc(OC)cc3)c3cc4c(cc23)-c2ccc3c5cc6c(cc5c5ccc-4c2c35)c2ccc3c4ccc(-c5ccc(OC)cc5)c5cccc(c7ccc6c2c73)c54)cc1. The minimum Gasteiger partial charge on any atom is -0.497 e. The van der Waals surface area contributed by atoms with Crippen LogP contribution in [0.2, 0.25) is 0 Å². The molecule has 0 atom stereocenters. The van der Waals surface area contributed by atoms with Gasteiger partial charge in [0.2, 0.25) is 0 Å². The Morgan fingerprint density at radius 3 is 0.914 bits per heavy atom. The molecule has 0 saturated carbocycles. The normalized spacial score (nSPS) is 12.5. The van der Waals surface area contributed by atoms with E-state index in [1.165, 1.54) is 152 Å². The van der Waals surface area contributed by atoms with E-state index in [0.29, 0.717) is 0 Å². The van der Waals surface area contributed by atoms with Gasteiger partial charge in [0.05, 0.1) is 21.3 Å². The smallest absolute Gasteiger partial charge is 0.118 e. The fourth-order valence-electron chi connectivity index (χ4n) is 13.0. The monoisotopic (exact) mass is 892 g/mol. The van der Waals surface area contributed by atoms with Crippen LogP contribution in [0.4, 0.5) is 0 Å². The molecule has 0 saturated heterocycles. The van der Waals surface area contributed by atoms with Gasteiger partial charge in [0.1, 0.15) is 17.2 Å². The summed E-state index contributed by atoms with van der Waals surface area (Å²) in [5.41, 5.74) is 12.3. The summed E-state index contributed by atoms with van der Waals surface area (Å²) in [5.74, 6) is 2.57.